The van der Waals surface area contributed by atoms with Gasteiger partial charge in [0, 0.05) is 23.4 Å². The summed E-state index contributed by atoms with van der Waals surface area (Å²) < 4.78 is 72.4. The highest BCUT2D eigenvalue weighted by atomic mass is 79.9. The normalized spacial score (nSPS) is 11.6. The standard InChI is InChI=1S/C21H15BrF5NO2/c1-12-7-18(30-11-14-5-6-16(23)9-17(14)24)19(22)20(29)28(12)10-13-3-2-4-15(8-13)21(25,26)27/h2-9H,10-11H2,1H3. The van der Waals surface area contributed by atoms with E-state index in [1.807, 2.05) is 0 Å². The highest BCUT2D eigenvalue weighted by Gasteiger charge is 2.30. The third-order valence-electron chi connectivity index (χ3n) is 4.41. The van der Waals surface area contributed by atoms with Crippen molar-refractivity contribution in [1.29, 1.82) is 0 Å². The highest BCUT2D eigenvalue weighted by Crippen LogP contribution is 2.30. The van der Waals surface area contributed by atoms with Gasteiger partial charge in [-0.25, -0.2) is 8.78 Å². The van der Waals surface area contributed by atoms with Crippen LogP contribution in [0.15, 0.2) is 57.8 Å². The van der Waals surface area contributed by atoms with E-state index in [4.69, 9.17) is 4.74 Å². The Labute approximate surface area is 176 Å². The molecule has 0 N–H and O–H groups in total. The number of hydrogen-bond donors (Lipinski definition) is 0. The second-order valence-electron chi connectivity index (χ2n) is 6.58. The molecule has 2 aromatic carbocycles. The highest BCUT2D eigenvalue weighted by molar-refractivity contribution is 9.10. The van der Waals surface area contributed by atoms with E-state index < -0.39 is 28.9 Å². The van der Waals surface area contributed by atoms with Gasteiger partial charge in [0.25, 0.3) is 5.56 Å². The zero-order valence-corrected chi connectivity index (χ0v) is 17.2. The second-order valence-corrected chi connectivity index (χ2v) is 7.37. The zero-order valence-electron chi connectivity index (χ0n) is 15.6. The van der Waals surface area contributed by atoms with E-state index in [1.54, 1.807) is 6.92 Å². The predicted octanol–water partition coefficient (Wildman–Crippen LogP) is 5.84. The average Bonchev–Trinajstić information content (AvgIpc) is 2.67. The van der Waals surface area contributed by atoms with E-state index in [2.05, 4.69) is 15.9 Å². The minimum absolute atomic E-state index is 0.0441. The maximum atomic E-state index is 13.8. The van der Waals surface area contributed by atoms with Crippen LogP contribution in [0.25, 0.3) is 0 Å². The molecule has 0 amide bonds. The lowest BCUT2D eigenvalue weighted by Gasteiger charge is -2.15. The topological polar surface area (TPSA) is 31.2 Å². The first-order valence-corrected chi connectivity index (χ1v) is 9.48. The molecule has 3 aromatic rings. The first-order chi connectivity index (χ1) is 14.1. The number of nitrogens with zero attached hydrogens (tertiary/aromatic N) is 1. The smallest absolute Gasteiger partial charge is 0.416 e. The Balaban J connectivity index is 1.85. The summed E-state index contributed by atoms with van der Waals surface area (Å²) in [6.45, 7) is 1.30. The van der Waals surface area contributed by atoms with Crippen molar-refractivity contribution in [3.05, 3.63) is 97.4 Å². The van der Waals surface area contributed by atoms with Crippen LogP contribution in [-0.2, 0) is 19.3 Å². The fourth-order valence-electron chi connectivity index (χ4n) is 2.84. The Morgan fingerprint density at radius 2 is 1.80 bits per heavy atom. The molecule has 0 atom stereocenters. The van der Waals surface area contributed by atoms with Gasteiger partial charge in [-0.1, -0.05) is 12.1 Å². The SMILES string of the molecule is Cc1cc(OCc2ccc(F)cc2F)c(Br)c(=O)n1Cc1cccc(C(F)(F)F)c1. The van der Waals surface area contributed by atoms with Gasteiger partial charge in [-0.2, -0.15) is 13.2 Å². The van der Waals surface area contributed by atoms with Crippen molar-refractivity contribution in [1.82, 2.24) is 4.57 Å². The quantitative estimate of drug-likeness (QED) is 0.423. The number of rotatable bonds is 5. The zero-order chi connectivity index (χ0) is 22.1. The Kier molecular flexibility index (Phi) is 6.30. The van der Waals surface area contributed by atoms with Gasteiger partial charge in [0.2, 0.25) is 0 Å². The molecule has 3 rings (SSSR count). The molecule has 0 spiro atoms. The summed E-state index contributed by atoms with van der Waals surface area (Å²) in [6.07, 6.45) is -4.48. The second kappa shape index (κ2) is 8.59. The predicted molar refractivity (Wildman–Crippen MR) is 104 cm³/mol. The number of benzene rings is 2. The summed E-state index contributed by atoms with van der Waals surface area (Å²) in [5.41, 5.74) is -0.457. The summed E-state index contributed by atoms with van der Waals surface area (Å²) in [5, 5.41) is 0. The van der Waals surface area contributed by atoms with Crippen molar-refractivity contribution in [2.24, 2.45) is 0 Å². The van der Waals surface area contributed by atoms with E-state index in [1.165, 1.54) is 28.8 Å². The minimum atomic E-state index is -4.48. The molecule has 0 aliphatic carbocycles. The molecule has 0 saturated carbocycles. The summed E-state index contributed by atoms with van der Waals surface area (Å²) in [7, 11) is 0. The van der Waals surface area contributed by atoms with Crippen molar-refractivity contribution in [2.45, 2.75) is 26.3 Å². The van der Waals surface area contributed by atoms with Crippen LogP contribution in [0.1, 0.15) is 22.4 Å². The lowest BCUT2D eigenvalue weighted by molar-refractivity contribution is -0.137. The largest absolute Gasteiger partial charge is 0.487 e. The van der Waals surface area contributed by atoms with Gasteiger partial charge in [0.1, 0.15) is 28.5 Å². The fourth-order valence-corrected chi connectivity index (χ4v) is 3.28. The van der Waals surface area contributed by atoms with Crippen LogP contribution in [0.2, 0.25) is 0 Å². The third kappa shape index (κ3) is 4.89. The number of pyridine rings is 1. The van der Waals surface area contributed by atoms with Gasteiger partial charge < -0.3 is 9.30 Å². The molecule has 158 valence electrons. The van der Waals surface area contributed by atoms with Gasteiger partial charge >= 0.3 is 6.18 Å². The van der Waals surface area contributed by atoms with Gasteiger partial charge in [0.05, 0.1) is 12.1 Å². The average molecular weight is 488 g/mol. The Morgan fingerprint density at radius 3 is 2.47 bits per heavy atom. The molecule has 0 saturated heterocycles. The minimum Gasteiger partial charge on any atom is -0.487 e. The van der Waals surface area contributed by atoms with Gasteiger partial charge in [-0.15, -0.1) is 0 Å². The van der Waals surface area contributed by atoms with E-state index in [0.717, 1.165) is 24.3 Å². The summed E-state index contributed by atoms with van der Waals surface area (Å²) in [6, 6.07) is 9.29. The molecule has 1 heterocycles. The van der Waals surface area contributed by atoms with Crippen LogP contribution >= 0.6 is 15.9 Å². The molecule has 0 bridgehead atoms. The van der Waals surface area contributed by atoms with Crippen LogP contribution in [0.4, 0.5) is 22.0 Å². The lowest BCUT2D eigenvalue weighted by Crippen LogP contribution is -2.24. The summed E-state index contributed by atoms with van der Waals surface area (Å²) in [4.78, 5) is 12.7. The molecular formula is C21H15BrF5NO2. The van der Waals surface area contributed by atoms with E-state index >= 15 is 0 Å². The van der Waals surface area contributed by atoms with Crippen LogP contribution in [0.3, 0.4) is 0 Å². The first-order valence-electron chi connectivity index (χ1n) is 8.69. The number of aromatic nitrogens is 1. The van der Waals surface area contributed by atoms with Gasteiger partial charge in [0.15, 0.2) is 0 Å². The van der Waals surface area contributed by atoms with Crippen molar-refractivity contribution in [3.63, 3.8) is 0 Å². The molecular weight excluding hydrogens is 473 g/mol. The third-order valence-corrected chi connectivity index (χ3v) is 5.14. The Morgan fingerprint density at radius 1 is 1.07 bits per heavy atom. The molecule has 0 radical (unpaired) electrons. The van der Waals surface area contributed by atoms with E-state index in [0.29, 0.717) is 11.3 Å². The molecule has 1 aromatic heterocycles. The van der Waals surface area contributed by atoms with Crippen molar-refractivity contribution in [3.8, 4) is 5.75 Å². The maximum Gasteiger partial charge on any atom is 0.416 e. The molecule has 0 fully saturated rings. The molecule has 0 aliphatic heterocycles. The number of halogens is 6. The van der Waals surface area contributed by atoms with Crippen LogP contribution in [0.5, 0.6) is 5.75 Å². The van der Waals surface area contributed by atoms with Crippen molar-refractivity contribution in [2.75, 3.05) is 0 Å². The van der Waals surface area contributed by atoms with Crippen LogP contribution in [0, 0.1) is 18.6 Å². The monoisotopic (exact) mass is 487 g/mol. The van der Waals surface area contributed by atoms with Crippen LogP contribution < -0.4 is 10.3 Å². The Hall–Kier alpha value is -2.68. The lowest BCUT2D eigenvalue weighted by atomic mass is 10.1. The van der Waals surface area contributed by atoms with E-state index in [9.17, 15) is 26.7 Å². The van der Waals surface area contributed by atoms with E-state index in [-0.39, 0.29) is 28.9 Å². The molecule has 0 aliphatic rings. The molecule has 0 unspecified atom stereocenters. The molecule has 30 heavy (non-hydrogen) atoms. The van der Waals surface area contributed by atoms with Crippen molar-refractivity contribution < 1.29 is 26.7 Å². The molecule has 9 heteroatoms. The molecule has 3 nitrogen and oxygen atoms in total. The Bertz CT molecular complexity index is 1140. The fraction of sp³-hybridized carbons (Fsp3) is 0.190. The van der Waals surface area contributed by atoms with Gasteiger partial charge in [-0.05, 0) is 52.7 Å². The summed E-state index contributed by atoms with van der Waals surface area (Å²) in [5.74, 6) is -1.35. The number of alkyl halides is 3. The van der Waals surface area contributed by atoms with Gasteiger partial charge in [-0.3, -0.25) is 4.79 Å². The number of aryl methyl sites for hydroxylation is 1. The first kappa shape index (κ1) is 22.0. The van der Waals surface area contributed by atoms with Crippen LogP contribution in [-0.4, -0.2) is 4.57 Å². The van der Waals surface area contributed by atoms with Crippen molar-refractivity contribution >= 4 is 15.9 Å². The number of hydrogen-bond acceptors (Lipinski definition) is 2. The summed E-state index contributed by atoms with van der Waals surface area (Å²) >= 11 is 3.14. The number of ether oxygens (including phenoxy) is 1. The maximum absolute atomic E-state index is 13.8.